The minimum Gasteiger partial charge on any atom is -0.356 e. The van der Waals surface area contributed by atoms with E-state index in [0.717, 1.165) is 29.6 Å². The summed E-state index contributed by atoms with van der Waals surface area (Å²) in [6.07, 6.45) is 4.52. The van der Waals surface area contributed by atoms with Gasteiger partial charge in [-0.15, -0.1) is 0 Å². The Hall–Kier alpha value is -0.870. The first kappa shape index (κ1) is 12.2. The normalized spacial score (nSPS) is 20.4. The van der Waals surface area contributed by atoms with E-state index in [9.17, 15) is 0 Å². The first-order chi connectivity index (χ1) is 8.79. The van der Waals surface area contributed by atoms with E-state index in [1.807, 2.05) is 0 Å². The monoisotopic (exact) mass is 308 g/mol. The topological polar surface area (TPSA) is 27.1 Å². The summed E-state index contributed by atoms with van der Waals surface area (Å²) in [5.74, 6) is 0. The minimum atomic E-state index is 0.107. The van der Waals surface area contributed by atoms with Gasteiger partial charge in [0.1, 0.15) is 0 Å². The minimum absolute atomic E-state index is 0.107. The molecule has 0 saturated carbocycles. The molecule has 2 aromatic rings. The van der Waals surface area contributed by atoms with Gasteiger partial charge in [0.15, 0.2) is 6.23 Å². The summed E-state index contributed by atoms with van der Waals surface area (Å²) in [4.78, 5) is 0. The Balaban J connectivity index is 2.12. The van der Waals surface area contributed by atoms with Crippen molar-refractivity contribution in [2.75, 3.05) is 6.61 Å². The lowest BCUT2D eigenvalue weighted by molar-refractivity contribution is -0.0368. The number of hydrogen-bond acceptors (Lipinski definition) is 2. The van der Waals surface area contributed by atoms with Crippen molar-refractivity contribution >= 4 is 26.8 Å². The maximum Gasteiger partial charge on any atom is 0.150 e. The zero-order valence-corrected chi connectivity index (χ0v) is 12.1. The van der Waals surface area contributed by atoms with Crippen molar-refractivity contribution in [3.8, 4) is 0 Å². The molecule has 18 heavy (non-hydrogen) atoms. The summed E-state index contributed by atoms with van der Waals surface area (Å²) >= 11 is 3.54. The Morgan fingerprint density at radius 2 is 2.33 bits per heavy atom. The van der Waals surface area contributed by atoms with Gasteiger partial charge in [0.25, 0.3) is 0 Å². The number of hydrogen-bond donors (Lipinski definition) is 0. The van der Waals surface area contributed by atoms with E-state index in [4.69, 9.17) is 9.84 Å². The van der Waals surface area contributed by atoms with Crippen molar-refractivity contribution in [2.24, 2.45) is 0 Å². The first-order valence-electron chi connectivity index (χ1n) is 6.58. The number of halogens is 1. The van der Waals surface area contributed by atoms with Crippen LogP contribution in [0.3, 0.4) is 0 Å². The molecule has 1 atom stereocenters. The van der Waals surface area contributed by atoms with Crippen LogP contribution in [-0.2, 0) is 11.2 Å². The first-order valence-corrected chi connectivity index (χ1v) is 7.37. The van der Waals surface area contributed by atoms with Gasteiger partial charge in [-0.05, 0) is 43.9 Å². The molecule has 0 bridgehead atoms. The smallest absolute Gasteiger partial charge is 0.150 e. The van der Waals surface area contributed by atoms with E-state index >= 15 is 0 Å². The molecule has 1 aliphatic rings. The van der Waals surface area contributed by atoms with Gasteiger partial charge in [0.05, 0.1) is 11.2 Å². The quantitative estimate of drug-likeness (QED) is 0.836. The van der Waals surface area contributed by atoms with Crippen LogP contribution in [0.25, 0.3) is 10.9 Å². The molecule has 3 rings (SSSR count). The van der Waals surface area contributed by atoms with E-state index in [2.05, 4.69) is 45.7 Å². The highest BCUT2D eigenvalue weighted by molar-refractivity contribution is 9.10. The third-order valence-electron chi connectivity index (χ3n) is 3.51. The number of benzene rings is 1. The predicted octanol–water partition coefficient (Wildman–Crippen LogP) is 4.06. The number of ether oxygens (including phenoxy) is 1. The third kappa shape index (κ3) is 2.08. The standard InChI is InChI=1S/C14H17BrN2O/c1-2-12-11-7-6-10(15)9-13(11)17(16-12)14-5-3-4-8-18-14/h6-7,9,14H,2-5,8H2,1H3. The molecule has 0 N–H and O–H groups in total. The van der Waals surface area contributed by atoms with Crippen LogP contribution in [0.5, 0.6) is 0 Å². The van der Waals surface area contributed by atoms with Crippen LogP contribution in [0.15, 0.2) is 22.7 Å². The molecular weight excluding hydrogens is 292 g/mol. The predicted molar refractivity (Wildman–Crippen MR) is 75.7 cm³/mol. The summed E-state index contributed by atoms with van der Waals surface area (Å²) in [6, 6.07) is 6.36. The number of nitrogens with zero attached hydrogens (tertiary/aromatic N) is 2. The molecule has 1 aliphatic heterocycles. The average Bonchev–Trinajstić information content (AvgIpc) is 2.77. The molecule has 1 fully saturated rings. The van der Waals surface area contributed by atoms with Gasteiger partial charge in [0.2, 0.25) is 0 Å². The van der Waals surface area contributed by atoms with E-state index in [1.54, 1.807) is 0 Å². The lowest BCUT2D eigenvalue weighted by Crippen LogP contribution is -2.19. The fourth-order valence-electron chi connectivity index (χ4n) is 2.57. The van der Waals surface area contributed by atoms with Crippen LogP contribution in [0.1, 0.15) is 38.1 Å². The summed E-state index contributed by atoms with van der Waals surface area (Å²) in [6.45, 7) is 3.00. The van der Waals surface area contributed by atoms with Gasteiger partial charge >= 0.3 is 0 Å². The molecule has 0 radical (unpaired) electrons. The Morgan fingerprint density at radius 3 is 3.06 bits per heavy atom. The van der Waals surface area contributed by atoms with Gasteiger partial charge in [0, 0.05) is 16.5 Å². The molecular formula is C14H17BrN2O. The average molecular weight is 309 g/mol. The Bertz CT molecular complexity index is 558. The summed E-state index contributed by atoms with van der Waals surface area (Å²) in [5.41, 5.74) is 2.33. The Kier molecular flexibility index (Phi) is 3.39. The molecule has 2 heterocycles. The van der Waals surface area contributed by atoms with Crippen LogP contribution in [0, 0.1) is 0 Å². The number of fused-ring (bicyclic) bond motifs is 1. The maximum atomic E-state index is 5.85. The number of aryl methyl sites for hydroxylation is 1. The van der Waals surface area contributed by atoms with Crippen molar-refractivity contribution in [3.05, 3.63) is 28.4 Å². The zero-order chi connectivity index (χ0) is 12.5. The van der Waals surface area contributed by atoms with E-state index in [0.29, 0.717) is 0 Å². The fraction of sp³-hybridized carbons (Fsp3) is 0.500. The summed E-state index contributed by atoms with van der Waals surface area (Å²) < 4.78 is 9.01. The van der Waals surface area contributed by atoms with Gasteiger partial charge in [-0.1, -0.05) is 22.9 Å². The lowest BCUT2D eigenvalue weighted by atomic mass is 10.1. The van der Waals surface area contributed by atoms with Crippen molar-refractivity contribution in [2.45, 2.75) is 38.8 Å². The van der Waals surface area contributed by atoms with Crippen LogP contribution in [0.4, 0.5) is 0 Å². The van der Waals surface area contributed by atoms with E-state index in [1.165, 1.54) is 23.7 Å². The van der Waals surface area contributed by atoms with Crippen LogP contribution >= 0.6 is 15.9 Å². The van der Waals surface area contributed by atoms with Gasteiger partial charge < -0.3 is 4.74 Å². The Morgan fingerprint density at radius 1 is 1.44 bits per heavy atom. The van der Waals surface area contributed by atoms with Crippen molar-refractivity contribution in [1.29, 1.82) is 0 Å². The van der Waals surface area contributed by atoms with Crippen molar-refractivity contribution in [3.63, 3.8) is 0 Å². The molecule has 4 heteroatoms. The second-order valence-corrected chi connectivity index (χ2v) is 5.64. The molecule has 96 valence electrons. The SMILES string of the molecule is CCc1nn(C2CCCCO2)c2cc(Br)ccc12. The zero-order valence-electron chi connectivity index (χ0n) is 10.5. The molecule has 1 unspecified atom stereocenters. The van der Waals surface area contributed by atoms with E-state index < -0.39 is 0 Å². The third-order valence-corrected chi connectivity index (χ3v) is 4.00. The lowest BCUT2D eigenvalue weighted by Gasteiger charge is -2.23. The maximum absolute atomic E-state index is 5.85. The largest absolute Gasteiger partial charge is 0.356 e. The highest BCUT2D eigenvalue weighted by Crippen LogP contribution is 2.29. The summed E-state index contributed by atoms with van der Waals surface area (Å²) in [7, 11) is 0. The van der Waals surface area contributed by atoms with Gasteiger partial charge in [-0.3, -0.25) is 0 Å². The molecule has 1 aromatic heterocycles. The second kappa shape index (κ2) is 5.02. The molecule has 1 aromatic carbocycles. The van der Waals surface area contributed by atoms with Gasteiger partial charge in [-0.25, -0.2) is 4.68 Å². The molecule has 0 amide bonds. The fourth-order valence-corrected chi connectivity index (χ4v) is 2.92. The molecule has 1 saturated heterocycles. The Labute approximate surface area is 115 Å². The van der Waals surface area contributed by atoms with Crippen molar-refractivity contribution in [1.82, 2.24) is 9.78 Å². The van der Waals surface area contributed by atoms with Gasteiger partial charge in [-0.2, -0.15) is 5.10 Å². The van der Waals surface area contributed by atoms with Crippen LogP contribution < -0.4 is 0 Å². The number of aromatic nitrogens is 2. The molecule has 0 aliphatic carbocycles. The number of rotatable bonds is 2. The molecule has 0 spiro atoms. The molecule has 3 nitrogen and oxygen atoms in total. The highest BCUT2D eigenvalue weighted by Gasteiger charge is 2.20. The van der Waals surface area contributed by atoms with Crippen molar-refractivity contribution < 1.29 is 4.74 Å². The van der Waals surface area contributed by atoms with Crippen LogP contribution in [0.2, 0.25) is 0 Å². The highest BCUT2D eigenvalue weighted by atomic mass is 79.9. The van der Waals surface area contributed by atoms with E-state index in [-0.39, 0.29) is 6.23 Å². The summed E-state index contributed by atoms with van der Waals surface area (Å²) in [5, 5.41) is 5.99. The second-order valence-electron chi connectivity index (χ2n) is 4.73. The van der Waals surface area contributed by atoms with Crippen LogP contribution in [-0.4, -0.2) is 16.4 Å².